The Kier molecular flexibility index (Phi) is 3.49. The Morgan fingerprint density at radius 1 is 1.14 bits per heavy atom. The quantitative estimate of drug-likeness (QED) is 0.764. The van der Waals surface area contributed by atoms with E-state index in [-0.39, 0.29) is 5.41 Å². The molecular weight excluding hydrogens is 292 g/mol. The third-order valence-corrected chi connectivity index (χ3v) is 4.56. The van der Waals surface area contributed by atoms with Crippen molar-refractivity contribution in [1.82, 2.24) is 4.98 Å². The Hall–Kier alpha value is -2.20. The van der Waals surface area contributed by atoms with Crippen LogP contribution in [0.3, 0.4) is 0 Å². The van der Waals surface area contributed by atoms with Gasteiger partial charge in [-0.15, -0.1) is 11.3 Å². The monoisotopic (exact) mass is 310 g/mol. The summed E-state index contributed by atoms with van der Waals surface area (Å²) in [5.74, 6) is -0.406. The van der Waals surface area contributed by atoms with E-state index in [9.17, 15) is 4.79 Å². The van der Waals surface area contributed by atoms with Crippen LogP contribution in [0.2, 0.25) is 0 Å². The lowest BCUT2D eigenvalue weighted by Gasteiger charge is -2.23. The smallest absolute Gasteiger partial charge is 0.248 e. The molecule has 0 atom stereocenters. The fourth-order valence-electron chi connectivity index (χ4n) is 2.62. The summed E-state index contributed by atoms with van der Waals surface area (Å²) >= 11 is 1.62. The van der Waals surface area contributed by atoms with Gasteiger partial charge in [-0.05, 0) is 46.4 Å². The summed E-state index contributed by atoms with van der Waals surface area (Å²) in [6.07, 6.45) is 0. The average molecular weight is 310 g/mol. The highest BCUT2D eigenvalue weighted by molar-refractivity contribution is 7.16. The molecule has 0 saturated heterocycles. The Morgan fingerprint density at radius 2 is 1.91 bits per heavy atom. The second-order valence-corrected chi connectivity index (χ2v) is 7.30. The van der Waals surface area contributed by atoms with Crippen LogP contribution < -0.4 is 5.73 Å². The third kappa shape index (κ3) is 2.62. The SMILES string of the molecule is CC(C)(C)c1ccc(C(N)=O)cc1-c1ccc2scnc2c1. The molecule has 1 heterocycles. The number of rotatable bonds is 2. The van der Waals surface area contributed by atoms with Crippen LogP contribution in [-0.4, -0.2) is 10.9 Å². The van der Waals surface area contributed by atoms with Crippen molar-refractivity contribution >= 4 is 27.5 Å². The van der Waals surface area contributed by atoms with Gasteiger partial charge >= 0.3 is 0 Å². The van der Waals surface area contributed by atoms with Gasteiger partial charge in [-0.2, -0.15) is 0 Å². The van der Waals surface area contributed by atoms with Crippen LogP contribution in [0.25, 0.3) is 21.3 Å². The van der Waals surface area contributed by atoms with Crippen molar-refractivity contribution in [2.75, 3.05) is 0 Å². The predicted octanol–water partition coefficient (Wildman–Crippen LogP) is 4.36. The highest BCUT2D eigenvalue weighted by Crippen LogP contribution is 2.35. The predicted molar refractivity (Wildman–Crippen MR) is 92.3 cm³/mol. The van der Waals surface area contributed by atoms with Crippen molar-refractivity contribution < 1.29 is 4.79 Å². The van der Waals surface area contributed by atoms with Crippen molar-refractivity contribution in [3.63, 3.8) is 0 Å². The van der Waals surface area contributed by atoms with E-state index in [0.29, 0.717) is 5.56 Å². The van der Waals surface area contributed by atoms with E-state index in [1.54, 1.807) is 17.4 Å². The van der Waals surface area contributed by atoms with Crippen LogP contribution in [0, 0.1) is 0 Å². The van der Waals surface area contributed by atoms with Crippen molar-refractivity contribution in [3.8, 4) is 11.1 Å². The van der Waals surface area contributed by atoms with Crippen LogP contribution >= 0.6 is 11.3 Å². The molecule has 4 heteroatoms. The first-order chi connectivity index (χ1) is 10.4. The molecule has 0 aliphatic rings. The summed E-state index contributed by atoms with van der Waals surface area (Å²) in [5, 5.41) is 0. The zero-order valence-corrected chi connectivity index (χ0v) is 13.7. The molecule has 3 aromatic rings. The third-order valence-electron chi connectivity index (χ3n) is 3.75. The summed E-state index contributed by atoms with van der Waals surface area (Å²) in [4.78, 5) is 15.9. The number of fused-ring (bicyclic) bond motifs is 1. The second-order valence-electron chi connectivity index (χ2n) is 6.41. The maximum Gasteiger partial charge on any atom is 0.248 e. The van der Waals surface area contributed by atoms with Crippen molar-refractivity contribution in [2.24, 2.45) is 5.73 Å². The Bertz CT molecular complexity index is 859. The molecule has 1 aromatic heterocycles. The standard InChI is InChI=1S/C18H18N2OS/c1-18(2,3)14-6-4-12(17(19)21)8-13(14)11-5-7-16-15(9-11)20-10-22-16/h4-10H,1-3H3,(H2,19,21). The first kappa shape index (κ1) is 14.7. The minimum atomic E-state index is -0.406. The minimum Gasteiger partial charge on any atom is -0.366 e. The number of carbonyl (C=O) groups excluding carboxylic acids is 1. The van der Waals surface area contributed by atoms with E-state index in [1.165, 1.54) is 5.56 Å². The lowest BCUT2D eigenvalue weighted by Crippen LogP contribution is -2.15. The van der Waals surface area contributed by atoms with E-state index < -0.39 is 5.91 Å². The minimum absolute atomic E-state index is 0.0253. The zero-order chi connectivity index (χ0) is 15.9. The summed E-state index contributed by atoms with van der Waals surface area (Å²) in [5.41, 5.74) is 12.1. The number of carbonyl (C=O) groups is 1. The highest BCUT2D eigenvalue weighted by atomic mass is 32.1. The number of hydrogen-bond donors (Lipinski definition) is 1. The van der Waals surface area contributed by atoms with Gasteiger partial charge in [0.1, 0.15) is 0 Å². The molecule has 0 saturated carbocycles. The van der Waals surface area contributed by atoms with E-state index in [4.69, 9.17) is 5.73 Å². The van der Waals surface area contributed by atoms with Crippen molar-refractivity contribution in [2.45, 2.75) is 26.2 Å². The van der Waals surface area contributed by atoms with E-state index in [1.807, 2.05) is 17.6 Å². The van der Waals surface area contributed by atoms with Gasteiger partial charge in [0.25, 0.3) is 0 Å². The van der Waals surface area contributed by atoms with Crippen LogP contribution in [0.4, 0.5) is 0 Å². The van der Waals surface area contributed by atoms with E-state index in [2.05, 4.69) is 44.0 Å². The van der Waals surface area contributed by atoms with E-state index in [0.717, 1.165) is 21.3 Å². The summed E-state index contributed by atoms with van der Waals surface area (Å²) < 4.78 is 1.16. The summed E-state index contributed by atoms with van der Waals surface area (Å²) in [6.45, 7) is 6.49. The molecule has 0 fully saturated rings. The molecule has 3 rings (SSSR count). The molecule has 22 heavy (non-hydrogen) atoms. The van der Waals surface area contributed by atoms with Gasteiger partial charge in [-0.1, -0.05) is 32.9 Å². The molecule has 0 unspecified atom stereocenters. The molecule has 0 aliphatic carbocycles. The number of primary amides is 1. The first-order valence-electron chi connectivity index (χ1n) is 7.14. The van der Waals surface area contributed by atoms with Gasteiger partial charge in [0, 0.05) is 5.56 Å². The molecule has 1 amide bonds. The number of nitrogens with zero attached hydrogens (tertiary/aromatic N) is 1. The lowest BCUT2D eigenvalue weighted by molar-refractivity contribution is 0.100. The molecule has 0 bridgehead atoms. The van der Waals surface area contributed by atoms with Crippen LogP contribution in [-0.2, 0) is 5.41 Å². The largest absolute Gasteiger partial charge is 0.366 e. The number of thiazole rings is 1. The number of aromatic nitrogens is 1. The Balaban J connectivity index is 2.25. The second kappa shape index (κ2) is 5.21. The van der Waals surface area contributed by atoms with Crippen molar-refractivity contribution in [3.05, 3.63) is 53.0 Å². The lowest BCUT2D eigenvalue weighted by atomic mass is 9.81. The van der Waals surface area contributed by atoms with Crippen molar-refractivity contribution in [1.29, 1.82) is 0 Å². The Morgan fingerprint density at radius 3 is 2.59 bits per heavy atom. The fourth-order valence-corrected chi connectivity index (χ4v) is 3.27. The molecule has 3 nitrogen and oxygen atoms in total. The van der Waals surface area contributed by atoms with Gasteiger partial charge in [-0.3, -0.25) is 4.79 Å². The van der Waals surface area contributed by atoms with Crippen LogP contribution in [0.1, 0.15) is 36.7 Å². The maximum absolute atomic E-state index is 11.5. The van der Waals surface area contributed by atoms with Crippen LogP contribution in [0.15, 0.2) is 41.9 Å². The molecule has 112 valence electrons. The molecule has 2 aromatic carbocycles. The average Bonchev–Trinajstić information content (AvgIpc) is 2.92. The molecule has 0 radical (unpaired) electrons. The van der Waals surface area contributed by atoms with E-state index >= 15 is 0 Å². The van der Waals surface area contributed by atoms with Crippen LogP contribution in [0.5, 0.6) is 0 Å². The number of hydrogen-bond acceptors (Lipinski definition) is 3. The fraction of sp³-hybridized carbons (Fsp3) is 0.222. The van der Waals surface area contributed by atoms with Gasteiger partial charge < -0.3 is 5.73 Å². The molecular formula is C18H18N2OS. The zero-order valence-electron chi connectivity index (χ0n) is 12.9. The topological polar surface area (TPSA) is 56.0 Å². The first-order valence-corrected chi connectivity index (χ1v) is 8.02. The number of nitrogens with two attached hydrogens (primary N) is 1. The number of benzene rings is 2. The normalized spacial score (nSPS) is 11.8. The Labute approximate surface area is 133 Å². The van der Waals surface area contributed by atoms with Gasteiger partial charge in [0.2, 0.25) is 5.91 Å². The highest BCUT2D eigenvalue weighted by Gasteiger charge is 2.20. The molecule has 0 aliphatic heterocycles. The summed E-state index contributed by atoms with van der Waals surface area (Å²) in [7, 11) is 0. The van der Waals surface area contributed by atoms with Gasteiger partial charge in [-0.25, -0.2) is 4.98 Å². The molecule has 2 N–H and O–H groups in total. The number of amides is 1. The maximum atomic E-state index is 11.5. The summed E-state index contributed by atoms with van der Waals surface area (Å²) in [6, 6.07) is 11.9. The van der Waals surface area contributed by atoms with Gasteiger partial charge in [0.05, 0.1) is 15.7 Å². The molecule has 0 spiro atoms. The van der Waals surface area contributed by atoms with Gasteiger partial charge in [0.15, 0.2) is 0 Å².